The summed E-state index contributed by atoms with van der Waals surface area (Å²) in [5.41, 5.74) is 8.15. The predicted octanol–water partition coefficient (Wildman–Crippen LogP) is 1.55. The Hall–Kier alpha value is -1.76. The molecule has 3 rings (SSSR count). The SMILES string of the molecule is CC(N)c1nc(C(=O)N[C@@H]2c3ccccc3C[C@@H]2O)cs1. The Labute approximate surface area is 126 Å². The summed E-state index contributed by atoms with van der Waals surface area (Å²) in [5.74, 6) is -0.279. The number of fused-ring (bicyclic) bond motifs is 1. The Morgan fingerprint density at radius 3 is 3.00 bits per heavy atom. The molecule has 0 saturated heterocycles. The van der Waals surface area contributed by atoms with Crippen molar-refractivity contribution in [1.82, 2.24) is 10.3 Å². The maximum absolute atomic E-state index is 12.3. The Morgan fingerprint density at radius 1 is 1.52 bits per heavy atom. The van der Waals surface area contributed by atoms with Gasteiger partial charge in [0.1, 0.15) is 10.7 Å². The lowest BCUT2D eigenvalue weighted by atomic mass is 10.1. The molecule has 110 valence electrons. The number of aliphatic hydroxyl groups excluding tert-OH is 1. The molecule has 0 spiro atoms. The molecule has 21 heavy (non-hydrogen) atoms. The van der Waals surface area contributed by atoms with Gasteiger partial charge in [-0.05, 0) is 18.1 Å². The van der Waals surface area contributed by atoms with Gasteiger partial charge in [-0.2, -0.15) is 0 Å². The van der Waals surface area contributed by atoms with Gasteiger partial charge in [0.15, 0.2) is 0 Å². The molecule has 1 aromatic carbocycles. The molecular formula is C15H17N3O2S. The fourth-order valence-electron chi connectivity index (χ4n) is 2.56. The first-order valence-electron chi connectivity index (χ1n) is 6.84. The summed E-state index contributed by atoms with van der Waals surface area (Å²) in [4.78, 5) is 16.5. The number of hydrogen-bond acceptors (Lipinski definition) is 5. The van der Waals surface area contributed by atoms with E-state index < -0.39 is 6.10 Å². The normalized spacial score (nSPS) is 21.9. The van der Waals surface area contributed by atoms with Crippen molar-refractivity contribution in [2.24, 2.45) is 5.73 Å². The molecule has 5 nitrogen and oxygen atoms in total. The van der Waals surface area contributed by atoms with Gasteiger partial charge in [0.2, 0.25) is 0 Å². The minimum atomic E-state index is -0.599. The number of rotatable bonds is 3. The summed E-state index contributed by atoms with van der Waals surface area (Å²) in [5, 5.41) is 15.4. The van der Waals surface area contributed by atoms with Gasteiger partial charge >= 0.3 is 0 Å². The van der Waals surface area contributed by atoms with Crippen LogP contribution >= 0.6 is 11.3 Å². The number of carbonyl (C=O) groups excluding carboxylic acids is 1. The van der Waals surface area contributed by atoms with Crippen LogP contribution in [0.15, 0.2) is 29.6 Å². The maximum Gasteiger partial charge on any atom is 0.271 e. The largest absolute Gasteiger partial charge is 0.390 e. The maximum atomic E-state index is 12.3. The highest BCUT2D eigenvalue weighted by molar-refractivity contribution is 7.09. The zero-order valence-electron chi connectivity index (χ0n) is 11.6. The molecule has 4 N–H and O–H groups in total. The summed E-state index contributed by atoms with van der Waals surface area (Å²) in [7, 11) is 0. The molecule has 3 atom stereocenters. The minimum absolute atomic E-state index is 0.186. The van der Waals surface area contributed by atoms with Gasteiger partial charge in [0, 0.05) is 11.8 Å². The number of aliphatic hydroxyl groups is 1. The van der Waals surface area contributed by atoms with Gasteiger partial charge in [-0.3, -0.25) is 4.79 Å². The average molecular weight is 303 g/mol. The van der Waals surface area contributed by atoms with Crippen molar-refractivity contribution in [2.45, 2.75) is 31.5 Å². The molecular weight excluding hydrogens is 286 g/mol. The zero-order valence-corrected chi connectivity index (χ0v) is 12.4. The third-order valence-corrected chi connectivity index (χ3v) is 4.68. The number of nitrogens with one attached hydrogen (secondary N) is 1. The summed E-state index contributed by atoms with van der Waals surface area (Å²) >= 11 is 1.37. The number of benzene rings is 1. The standard InChI is InChI=1S/C15H17N3O2S/c1-8(16)15-17-11(7-21-15)14(20)18-13-10-5-3-2-4-9(10)6-12(13)19/h2-5,7-8,12-13,19H,6,16H2,1H3,(H,18,20)/t8?,12-,13+/m0/s1. The molecule has 1 unspecified atom stereocenters. The van der Waals surface area contributed by atoms with Gasteiger partial charge in [0.25, 0.3) is 5.91 Å². The number of aromatic nitrogens is 1. The fraction of sp³-hybridized carbons (Fsp3) is 0.333. The molecule has 6 heteroatoms. The van der Waals surface area contributed by atoms with Gasteiger partial charge in [-0.25, -0.2) is 4.98 Å². The number of nitrogens with zero attached hydrogens (tertiary/aromatic N) is 1. The average Bonchev–Trinajstić information content (AvgIpc) is 3.05. The third-order valence-electron chi connectivity index (χ3n) is 3.63. The second-order valence-corrected chi connectivity index (χ2v) is 6.17. The molecule has 1 amide bonds. The van der Waals surface area contributed by atoms with Crippen LogP contribution in [-0.4, -0.2) is 22.1 Å². The number of thiazole rings is 1. The molecule has 0 radical (unpaired) electrons. The van der Waals surface area contributed by atoms with Crippen LogP contribution in [0, 0.1) is 0 Å². The first-order chi connectivity index (χ1) is 10.1. The lowest BCUT2D eigenvalue weighted by molar-refractivity contribution is 0.0854. The van der Waals surface area contributed by atoms with Crippen LogP contribution in [0.4, 0.5) is 0 Å². The van der Waals surface area contributed by atoms with E-state index in [1.807, 2.05) is 31.2 Å². The third kappa shape index (κ3) is 2.70. The second kappa shape index (κ2) is 5.55. The molecule has 1 aliphatic rings. The molecule has 0 aliphatic heterocycles. The minimum Gasteiger partial charge on any atom is -0.390 e. The summed E-state index contributed by atoms with van der Waals surface area (Å²) in [6.45, 7) is 1.83. The second-order valence-electron chi connectivity index (χ2n) is 5.28. The van der Waals surface area contributed by atoms with Crippen LogP contribution in [0.5, 0.6) is 0 Å². The highest BCUT2D eigenvalue weighted by Gasteiger charge is 2.32. The van der Waals surface area contributed by atoms with Crippen molar-refractivity contribution in [2.75, 3.05) is 0 Å². The van der Waals surface area contributed by atoms with Crippen molar-refractivity contribution in [1.29, 1.82) is 0 Å². The highest BCUT2D eigenvalue weighted by atomic mass is 32.1. The van der Waals surface area contributed by atoms with Crippen molar-refractivity contribution in [3.05, 3.63) is 51.5 Å². The van der Waals surface area contributed by atoms with Crippen molar-refractivity contribution in [3.63, 3.8) is 0 Å². The van der Waals surface area contributed by atoms with Crippen molar-refractivity contribution in [3.8, 4) is 0 Å². The van der Waals surface area contributed by atoms with Gasteiger partial charge in [0.05, 0.1) is 18.2 Å². The van der Waals surface area contributed by atoms with Crippen LogP contribution in [-0.2, 0) is 6.42 Å². The molecule has 0 fully saturated rings. The molecule has 0 bridgehead atoms. The molecule has 1 heterocycles. The van der Waals surface area contributed by atoms with E-state index in [0.717, 1.165) is 16.1 Å². The van der Waals surface area contributed by atoms with Crippen LogP contribution in [0.2, 0.25) is 0 Å². The van der Waals surface area contributed by atoms with Crippen LogP contribution in [0.3, 0.4) is 0 Å². The number of carbonyl (C=O) groups is 1. The Morgan fingerprint density at radius 2 is 2.29 bits per heavy atom. The van der Waals surface area contributed by atoms with E-state index in [-0.39, 0.29) is 18.0 Å². The first-order valence-corrected chi connectivity index (χ1v) is 7.72. The van der Waals surface area contributed by atoms with Gasteiger partial charge in [-0.15, -0.1) is 11.3 Å². The highest BCUT2D eigenvalue weighted by Crippen LogP contribution is 2.31. The lowest BCUT2D eigenvalue weighted by Gasteiger charge is -2.17. The van der Waals surface area contributed by atoms with Crippen molar-refractivity contribution < 1.29 is 9.90 Å². The first kappa shape index (κ1) is 14.2. The van der Waals surface area contributed by atoms with Crippen LogP contribution in [0.25, 0.3) is 0 Å². The van der Waals surface area contributed by atoms with E-state index in [9.17, 15) is 9.90 Å². The summed E-state index contributed by atoms with van der Waals surface area (Å²) in [6.07, 6.45) is -0.0404. The van der Waals surface area contributed by atoms with E-state index >= 15 is 0 Å². The van der Waals surface area contributed by atoms with E-state index in [2.05, 4.69) is 10.3 Å². The zero-order chi connectivity index (χ0) is 15.0. The topological polar surface area (TPSA) is 88.2 Å². The van der Waals surface area contributed by atoms with Crippen molar-refractivity contribution >= 4 is 17.2 Å². The molecule has 0 saturated carbocycles. The number of hydrogen-bond donors (Lipinski definition) is 3. The molecule has 1 aromatic heterocycles. The fourth-order valence-corrected chi connectivity index (χ4v) is 3.32. The van der Waals surface area contributed by atoms with Crippen LogP contribution in [0.1, 0.15) is 45.6 Å². The van der Waals surface area contributed by atoms with Gasteiger partial charge < -0.3 is 16.2 Å². The lowest BCUT2D eigenvalue weighted by Crippen LogP contribution is -2.34. The molecule has 1 aliphatic carbocycles. The quantitative estimate of drug-likeness (QED) is 0.802. The van der Waals surface area contributed by atoms with Gasteiger partial charge in [-0.1, -0.05) is 24.3 Å². The summed E-state index contributed by atoms with van der Waals surface area (Å²) < 4.78 is 0. The smallest absolute Gasteiger partial charge is 0.271 e. The van der Waals surface area contributed by atoms with E-state index in [4.69, 9.17) is 5.73 Å². The Bertz CT molecular complexity index is 668. The van der Waals surface area contributed by atoms with E-state index in [0.29, 0.717) is 12.1 Å². The monoisotopic (exact) mass is 303 g/mol. The Balaban J connectivity index is 1.78. The summed E-state index contributed by atoms with van der Waals surface area (Å²) in [6, 6.07) is 7.19. The van der Waals surface area contributed by atoms with E-state index in [1.54, 1.807) is 5.38 Å². The number of amides is 1. The Kier molecular flexibility index (Phi) is 3.75. The predicted molar refractivity (Wildman–Crippen MR) is 81.1 cm³/mol. The van der Waals surface area contributed by atoms with Crippen LogP contribution < -0.4 is 11.1 Å². The molecule has 2 aromatic rings. The number of nitrogens with two attached hydrogens (primary N) is 1. The van der Waals surface area contributed by atoms with E-state index in [1.165, 1.54) is 11.3 Å².